The Morgan fingerprint density at radius 3 is 2.33 bits per heavy atom. The molecule has 0 saturated carbocycles. The van der Waals surface area contributed by atoms with Gasteiger partial charge in [-0.1, -0.05) is 30.3 Å². The van der Waals surface area contributed by atoms with Gasteiger partial charge in [0.05, 0.1) is 18.0 Å². The minimum atomic E-state index is -0.469. The van der Waals surface area contributed by atoms with Gasteiger partial charge in [-0.05, 0) is 25.0 Å². The summed E-state index contributed by atoms with van der Waals surface area (Å²) in [6.07, 6.45) is 1.16. The third-order valence-corrected chi connectivity index (χ3v) is 4.84. The highest BCUT2D eigenvalue weighted by molar-refractivity contribution is 6.09. The van der Waals surface area contributed by atoms with Gasteiger partial charge in [-0.25, -0.2) is 0 Å². The molecule has 27 heavy (non-hydrogen) atoms. The van der Waals surface area contributed by atoms with E-state index in [1.807, 2.05) is 4.90 Å². The van der Waals surface area contributed by atoms with Gasteiger partial charge >= 0.3 is 5.97 Å². The second-order valence-corrected chi connectivity index (χ2v) is 6.44. The third kappa shape index (κ3) is 3.97. The molecular weight excluding hydrogens is 348 g/mol. The largest absolute Gasteiger partial charge is 0.469 e. The van der Waals surface area contributed by atoms with E-state index in [4.69, 9.17) is 4.74 Å². The highest BCUT2D eigenvalue weighted by Gasteiger charge is 2.29. The molecule has 7 heteroatoms. The van der Waals surface area contributed by atoms with Crippen LogP contribution in [0, 0.1) is 16.0 Å². The number of hydrogen-bond donors (Lipinski definition) is 0. The molecule has 0 N–H and O–H groups in total. The molecular formula is C20H20N2O5. The molecule has 1 heterocycles. The standard InChI is InChI=1S/C20H20N2O5/c1-27-20(24)15-9-11-21(12-10-15)17-8-7-16(13-18(17)22(25)26)19(23)14-5-3-2-4-6-14/h2-8,13,15H,9-12H2,1H3. The fourth-order valence-corrected chi connectivity index (χ4v) is 3.36. The molecule has 2 aromatic rings. The fourth-order valence-electron chi connectivity index (χ4n) is 3.36. The number of carbonyl (C=O) groups is 2. The summed E-state index contributed by atoms with van der Waals surface area (Å²) in [7, 11) is 1.36. The predicted octanol–water partition coefficient (Wildman–Crippen LogP) is 3.22. The Hall–Kier alpha value is -3.22. The molecule has 0 radical (unpaired) electrons. The summed E-state index contributed by atoms with van der Waals surface area (Å²) in [6.45, 7) is 1.04. The minimum absolute atomic E-state index is 0.103. The smallest absolute Gasteiger partial charge is 0.308 e. The van der Waals surface area contributed by atoms with Gasteiger partial charge in [-0.2, -0.15) is 0 Å². The summed E-state index contributed by atoms with van der Waals surface area (Å²) in [4.78, 5) is 37.2. The van der Waals surface area contributed by atoms with Crippen LogP contribution >= 0.6 is 0 Å². The van der Waals surface area contributed by atoms with Crippen molar-refractivity contribution in [1.82, 2.24) is 0 Å². The Labute approximate surface area is 156 Å². The number of ketones is 1. The molecule has 1 aliphatic rings. The number of nitro benzene ring substituents is 1. The van der Waals surface area contributed by atoms with Gasteiger partial charge in [-0.15, -0.1) is 0 Å². The number of nitro groups is 1. The van der Waals surface area contributed by atoms with E-state index in [1.165, 1.54) is 13.2 Å². The van der Waals surface area contributed by atoms with E-state index in [0.717, 1.165) is 0 Å². The molecule has 7 nitrogen and oxygen atoms in total. The lowest BCUT2D eigenvalue weighted by Gasteiger charge is -2.32. The maximum Gasteiger partial charge on any atom is 0.308 e. The van der Waals surface area contributed by atoms with Crippen LogP contribution in [-0.4, -0.2) is 36.9 Å². The number of hydrogen-bond acceptors (Lipinski definition) is 6. The van der Waals surface area contributed by atoms with Crippen molar-refractivity contribution in [1.29, 1.82) is 0 Å². The van der Waals surface area contributed by atoms with Crippen LogP contribution in [0.3, 0.4) is 0 Å². The van der Waals surface area contributed by atoms with Crippen molar-refractivity contribution in [3.63, 3.8) is 0 Å². The van der Waals surface area contributed by atoms with Crippen LogP contribution in [0.25, 0.3) is 0 Å². The van der Waals surface area contributed by atoms with Gasteiger partial charge in [0.1, 0.15) is 5.69 Å². The molecule has 1 fully saturated rings. The highest BCUT2D eigenvalue weighted by atomic mass is 16.6. The SMILES string of the molecule is COC(=O)C1CCN(c2ccc(C(=O)c3ccccc3)cc2[N+](=O)[O-])CC1. The number of methoxy groups -OCH3 is 1. The number of carbonyl (C=O) groups excluding carboxylic acids is 2. The van der Waals surface area contributed by atoms with Crippen LogP contribution in [0.1, 0.15) is 28.8 Å². The number of benzene rings is 2. The van der Waals surface area contributed by atoms with Gasteiger partial charge < -0.3 is 9.64 Å². The first-order chi connectivity index (χ1) is 13.0. The van der Waals surface area contributed by atoms with Gasteiger partial charge in [0.2, 0.25) is 0 Å². The lowest BCUT2D eigenvalue weighted by molar-refractivity contribution is -0.384. The number of rotatable bonds is 5. The van der Waals surface area contributed by atoms with Crippen LogP contribution < -0.4 is 4.90 Å². The van der Waals surface area contributed by atoms with Crippen LogP contribution in [0.4, 0.5) is 11.4 Å². The molecule has 0 bridgehead atoms. The fraction of sp³-hybridized carbons (Fsp3) is 0.300. The van der Waals surface area contributed by atoms with E-state index in [1.54, 1.807) is 42.5 Å². The lowest BCUT2D eigenvalue weighted by Crippen LogP contribution is -2.37. The molecule has 2 aromatic carbocycles. The monoisotopic (exact) mass is 368 g/mol. The maximum absolute atomic E-state index is 12.6. The maximum atomic E-state index is 12.6. The van der Waals surface area contributed by atoms with Crippen molar-refractivity contribution in [2.75, 3.05) is 25.1 Å². The van der Waals surface area contributed by atoms with Gasteiger partial charge in [0.25, 0.3) is 5.69 Å². The molecule has 0 unspecified atom stereocenters. The second-order valence-electron chi connectivity index (χ2n) is 6.44. The predicted molar refractivity (Wildman–Crippen MR) is 99.9 cm³/mol. The summed E-state index contributed by atoms with van der Waals surface area (Å²) in [5.74, 6) is -0.674. The van der Waals surface area contributed by atoms with E-state index in [2.05, 4.69) is 0 Å². The number of nitrogens with zero attached hydrogens (tertiary/aromatic N) is 2. The van der Waals surface area contributed by atoms with Crippen molar-refractivity contribution in [3.8, 4) is 0 Å². The molecule has 1 aliphatic heterocycles. The Kier molecular flexibility index (Phi) is 5.49. The quantitative estimate of drug-likeness (QED) is 0.348. The summed E-state index contributed by atoms with van der Waals surface area (Å²) in [5, 5.41) is 11.6. The van der Waals surface area contributed by atoms with Crippen molar-refractivity contribution >= 4 is 23.1 Å². The molecule has 3 rings (SSSR count). The van der Waals surface area contributed by atoms with Crippen LogP contribution in [0.2, 0.25) is 0 Å². The van der Waals surface area contributed by atoms with E-state index >= 15 is 0 Å². The van der Waals surface area contributed by atoms with Crippen LogP contribution in [0.15, 0.2) is 48.5 Å². The zero-order valence-corrected chi connectivity index (χ0v) is 15.0. The van der Waals surface area contributed by atoms with Crippen molar-refractivity contribution in [2.24, 2.45) is 5.92 Å². The number of anilines is 1. The first-order valence-electron chi connectivity index (χ1n) is 8.72. The van der Waals surface area contributed by atoms with E-state index in [0.29, 0.717) is 37.2 Å². The average Bonchev–Trinajstić information content (AvgIpc) is 2.73. The van der Waals surface area contributed by atoms with E-state index in [9.17, 15) is 19.7 Å². The van der Waals surface area contributed by atoms with E-state index < -0.39 is 4.92 Å². The number of piperidine rings is 1. The average molecular weight is 368 g/mol. The first-order valence-corrected chi connectivity index (χ1v) is 8.72. The van der Waals surface area contributed by atoms with Gasteiger partial charge in [0, 0.05) is 30.3 Å². The van der Waals surface area contributed by atoms with Gasteiger partial charge in [-0.3, -0.25) is 19.7 Å². The van der Waals surface area contributed by atoms with Gasteiger partial charge in [0.15, 0.2) is 5.78 Å². The molecule has 0 amide bonds. The summed E-state index contributed by atoms with van der Waals surface area (Å²) >= 11 is 0. The Balaban J connectivity index is 1.84. The Morgan fingerprint density at radius 1 is 1.07 bits per heavy atom. The summed E-state index contributed by atoms with van der Waals surface area (Å²) < 4.78 is 4.77. The molecule has 140 valence electrons. The normalized spacial score (nSPS) is 14.6. The summed E-state index contributed by atoms with van der Waals surface area (Å²) in [6, 6.07) is 13.2. The highest BCUT2D eigenvalue weighted by Crippen LogP contribution is 2.33. The van der Waals surface area contributed by atoms with Crippen LogP contribution in [0.5, 0.6) is 0 Å². The minimum Gasteiger partial charge on any atom is -0.469 e. The Bertz CT molecular complexity index is 858. The molecule has 0 spiro atoms. The Morgan fingerprint density at radius 2 is 1.74 bits per heavy atom. The molecule has 0 atom stereocenters. The molecule has 0 aromatic heterocycles. The topological polar surface area (TPSA) is 89.8 Å². The van der Waals surface area contributed by atoms with Crippen molar-refractivity contribution in [2.45, 2.75) is 12.8 Å². The van der Waals surface area contributed by atoms with Crippen LogP contribution in [-0.2, 0) is 9.53 Å². The van der Waals surface area contributed by atoms with E-state index in [-0.39, 0.29) is 28.9 Å². The third-order valence-electron chi connectivity index (χ3n) is 4.84. The zero-order chi connectivity index (χ0) is 19.4. The van der Waals surface area contributed by atoms with Crippen molar-refractivity contribution < 1.29 is 19.2 Å². The zero-order valence-electron chi connectivity index (χ0n) is 15.0. The first kappa shape index (κ1) is 18.6. The van der Waals surface area contributed by atoms with Crippen molar-refractivity contribution in [3.05, 3.63) is 69.8 Å². The lowest BCUT2D eigenvalue weighted by atomic mass is 9.96. The number of ether oxygens (including phenoxy) is 1. The summed E-state index contributed by atoms with van der Waals surface area (Å²) in [5.41, 5.74) is 1.13. The number of esters is 1. The molecule has 1 saturated heterocycles. The molecule has 0 aliphatic carbocycles. The second kappa shape index (κ2) is 7.99.